The van der Waals surface area contributed by atoms with Gasteiger partial charge in [0.2, 0.25) is 0 Å². The summed E-state index contributed by atoms with van der Waals surface area (Å²) in [5, 5.41) is 4.75. The molecule has 2 aromatic rings. The highest BCUT2D eigenvalue weighted by molar-refractivity contribution is 7.92. The Morgan fingerprint density at radius 1 is 1.00 bits per heavy atom. The molecule has 3 rings (SSSR count). The third-order valence-corrected chi connectivity index (χ3v) is 8.72. The van der Waals surface area contributed by atoms with Gasteiger partial charge in [-0.1, -0.05) is 6.42 Å². The van der Waals surface area contributed by atoms with Crippen LogP contribution < -0.4 is 10.6 Å². The van der Waals surface area contributed by atoms with Crippen LogP contribution in [0.3, 0.4) is 0 Å². The van der Waals surface area contributed by atoms with Gasteiger partial charge in [0, 0.05) is 10.4 Å². The zero-order chi connectivity index (χ0) is 23.5. The highest BCUT2D eigenvalue weighted by Crippen LogP contribution is 2.37. The minimum Gasteiger partial charge on any atom is -0.453 e. The highest BCUT2D eigenvalue weighted by Gasteiger charge is 2.27. The van der Waals surface area contributed by atoms with Crippen molar-refractivity contribution in [3.63, 3.8) is 0 Å². The summed E-state index contributed by atoms with van der Waals surface area (Å²) in [5.74, 6) is -1.09. The summed E-state index contributed by atoms with van der Waals surface area (Å²) in [4.78, 5) is 38.4. The summed E-state index contributed by atoms with van der Waals surface area (Å²) in [5.41, 5.74) is 1.39. The second-order valence-electron chi connectivity index (χ2n) is 7.79. The normalized spacial score (nSPS) is 13.8. The van der Waals surface area contributed by atoms with Crippen LogP contribution in [0.5, 0.6) is 0 Å². The van der Waals surface area contributed by atoms with Crippen LogP contribution in [0.1, 0.15) is 64.3 Å². The average molecular weight is 479 g/mol. The van der Waals surface area contributed by atoms with Crippen LogP contribution >= 0.6 is 11.3 Å². The van der Waals surface area contributed by atoms with E-state index in [0.717, 1.165) is 36.1 Å². The molecule has 0 radical (unpaired) electrons. The SMILES string of the molecule is COC(=O)NC(=O)c1c(NC(=O)c2ccc(S(=O)(=O)C(C)C)cc2)sc2c1CCCCC2. The maximum atomic E-state index is 12.9. The summed E-state index contributed by atoms with van der Waals surface area (Å²) in [6.07, 6.45) is 3.57. The molecule has 0 fully saturated rings. The fraction of sp³-hybridized carbons (Fsp3) is 0.409. The van der Waals surface area contributed by atoms with Gasteiger partial charge in [0.15, 0.2) is 9.84 Å². The summed E-state index contributed by atoms with van der Waals surface area (Å²) >= 11 is 1.33. The van der Waals surface area contributed by atoms with Gasteiger partial charge in [0.05, 0.1) is 22.8 Å². The van der Waals surface area contributed by atoms with Crippen LogP contribution in [0, 0.1) is 0 Å². The lowest BCUT2D eigenvalue weighted by Gasteiger charge is -2.10. The monoisotopic (exact) mass is 478 g/mol. The van der Waals surface area contributed by atoms with Crippen LogP contribution in [0.2, 0.25) is 0 Å². The minimum atomic E-state index is -3.44. The van der Waals surface area contributed by atoms with E-state index in [1.54, 1.807) is 13.8 Å². The second kappa shape index (κ2) is 9.83. The zero-order valence-electron chi connectivity index (χ0n) is 18.2. The van der Waals surface area contributed by atoms with Crippen molar-refractivity contribution >= 4 is 44.1 Å². The smallest absolute Gasteiger partial charge is 0.413 e. The molecule has 0 atom stereocenters. The van der Waals surface area contributed by atoms with Gasteiger partial charge in [-0.15, -0.1) is 11.3 Å². The molecule has 1 aromatic carbocycles. The van der Waals surface area contributed by atoms with Gasteiger partial charge < -0.3 is 10.1 Å². The Labute approximate surface area is 191 Å². The molecule has 1 heterocycles. The second-order valence-corrected chi connectivity index (χ2v) is 11.4. The van der Waals surface area contributed by atoms with Crippen LogP contribution in [0.25, 0.3) is 0 Å². The van der Waals surface area contributed by atoms with Crippen LogP contribution in [-0.4, -0.2) is 38.7 Å². The molecule has 0 unspecified atom stereocenters. The maximum Gasteiger partial charge on any atom is 0.413 e. The van der Waals surface area contributed by atoms with E-state index >= 15 is 0 Å². The number of fused-ring (bicyclic) bond motifs is 1. The predicted octanol–water partition coefficient (Wildman–Crippen LogP) is 3.95. The van der Waals surface area contributed by atoms with Crippen molar-refractivity contribution in [1.29, 1.82) is 0 Å². The van der Waals surface area contributed by atoms with E-state index in [-0.39, 0.29) is 16.0 Å². The minimum absolute atomic E-state index is 0.144. The van der Waals surface area contributed by atoms with Gasteiger partial charge in [-0.05, 0) is 69.4 Å². The third kappa shape index (κ3) is 5.02. The lowest BCUT2D eigenvalue weighted by Crippen LogP contribution is -2.31. The van der Waals surface area contributed by atoms with Crippen molar-refractivity contribution in [2.45, 2.75) is 56.1 Å². The fourth-order valence-electron chi connectivity index (χ4n) is 3.52. The number of sulfone groups is 1. The molecule has 1 aliphatic rings. The number of thiophene rings is 1. The lowest BCUT2D eigenvalue weighted by atomic mass is 10.0. The molecule has 0 aliphatic heterocycles. The first-order valence-electron chi connectivity index (χ1n) is 10.3. The Hall–Kier alpha value is -2.72. The number of ether oxygens (including phenoxy) is 1. The van der Waals surface area contributed by atoms with Gasteiger partial charge in [0.25, 0.3) is 11.8 Å². The molecule has 1 aromatic heterocycles. The molecule has 0 saturated heterocycles. The van der Waals surface area contributed by atoms with E-state index in [1.165, 1.54) is 42.7 Å². The number of hydrogen-bond acceptors (Lipinski definition) is 7. The first-order chi connectivity index (χ1) is 15.1. The first kappa shape index (κ1) is 23.9. The number of carbonyl (C=O) groups is 3. The molecular formula is C22H26N2O6S2. The Morgan fingerprint density at radius 3 is 2.28 bits per heavy atom. The number of carbonyl (C=O) groups excluding carboxylic acids is 3. The Balaban J connectivity index is 1.90. The van der Waals surface area contributed by atoms with Crippen molar-refractivity contribution in [3.05, 3.63) is 45.8 Å². The van der Waals surface area contributed by atoms with Gasteiger partial charge >= 0.3 is 6.09 Å². The Morgan fingerprint density at radius 2 is 1.66 bits per heavy atom. The van der Waals surface area contributed by atoms with E-state index in [2.05, 4.69) is 15.4 Å². The van der Waals surface area contributed by atoms with Crippen LogP contribution in [0.15, 0.2) is 29.2 Å². The van der Waals surface area contributed by atoms with E-state index < -0.39 is 33.0 Å². The number of methoxy groups -OCH3 is 1. The number of imide groups is 1. The summed E-state index contributed by atoms with van der Waals surface area (Å²) < 4.78 is 29.1. The molecule has 2 N–H and O–H groups in total. The quantitative estimate of drug-likeness (QED) is 0.628. The van der Waals surface area contributed by atoms with Crippen LogP contribution in [0.4, 0.5) is 9.80 Å². The zero-order valence-corrected chi connectivity index (χ0v) is 19.8. The van der Waals surface area contributed by atoms with Crippen molar-refractivity contribution in [3.8, 4) is 0 Å². The Bertz CT molecular complexity index is 1130. The first-order valence-corrected chi connectivity index (χ1v) is 12.7. The number of amides is 3. The third-order valence-electron chi connectivity index (χ3n) is 5.34. The van der Waals surface area contributed by atoms with E-state index in [1.807, 2.05) is 0 Å². The Kier molecular flexibility index (Phi) is 7.35. The summed E-state index contributed by atoms with van der Waals surface area (Å²) in [6, 6.07) is 5.69. The maximum absolute atomic E-state index is 12.9. The number of rotatable bonds is 5. The van der Waals surface area contributed by atoms with Crippen molar-refractivity contribution < 1.29 is 27.5 Å². The number of hydrogen-bond donors (Lipinski definition) is 2. The summed E-state index contributed by atoms with van der Waals surface area (Å²) in [7, 11) is -2.27. The number of alkyl carbamates (subject to hydrolysis) is 1. The largest absolute Gasteiger partial charge is 0.453 e. The molecule has 8 nitrogen and oxygen atoms in total. The lowest BCUT2D eigenvalue weighted by molar-refractivity contribution is 0.0937. The van der Waals surface area contributed by atoms with E-state index in [4.69, 9.17) is 0 Å². The van der Waals surface area contributed by atoms with E-state index in [9.17, 15) is 22.8 Å². The fourth-order valence-corrected chi connectivity index (χ4v) is 5.86. The van der Waals surface area contributed by atoms with Gasteiger partial charge in [-0.25, -0.2) is 13.2 Å². The average Bonchev–Trinajstić information content (AvgIpc) is 2.93. The van der Waals surface area contributed by atoms with Gasteiger partial charge in [-0.3, -0.25) is 14.9 Å². The molecule has 0 spiro atoms. The van der Waals surface area contributed by atoms with Gasteiger partial charge in [0.1, 0.15) is 5.00 Å². The topological polar surface area (TPSA) is 119 Å². The molecule has 10 heteroatoms. The van der Waals surface area contributed by atoms with Crippen molar-refractivity contribution in [1.82, 2.24) is 5.32 Å². The number of aryl methyl sites for hydroxylation is 1. The van der Waals surface area contributed by atoms with Crippen molar-refractivity contribution in [2.75, 3.05) is 12.4 Å². The predicted molar refractivity (Wildman–Crippen MR) is 122 cm³/mol. The molecule has 0 saturated carbocycles. The molecule has 3 amide bonds. The number of benzene rings is 1. The summed E-state index contributed by atoms with van der Waals surface area (Å²) in [6.45, 7) is 3.19. The van der Waals surface area contributed by atoms with Gasteiger partial charge in [-0.2, -0.15) is 0 Å². The van der Waals surface area contributed by atoms with E-state index in [0.29, 0.717) is 11.4 Å². The highest BCUT2D eigenvalue weighted by atomic mass is 32.2. The molecule has 172 valence electrons. The molecular weight excluding hydrogens is 452 g/mol. The number of nitrogens with one attached hydrogen (secondary N) is 2. The molecule has 32 heavy (non-hydrogen) atoms. The molecule has 0 bridgehead atoms. The molecule has 1 aliphatic carbocycles. The van der Waals surface area contributed by atoms with Crippen LogP contribution in [-0.2, 0) is 27.4 Å². The van der Waals surface area contributed by atoms with Crippen molar-refractivity contribution in [2.24, 2.45) is 0 Å². The number of anilines is 1. The standard InChI is InChI=1S/C22H26N2O6S2/c1-13(2)32(28,29)15-11-9-14(10-12-15)19(25)23-21-18(20(26)24-22(27)30-3)16-7-5-4-6-8-17(16)31-21/h9-13H,4-8H2,1-3H3,(H,23,25)(H,24,26,27).